The van der Waals surface area contributed by atoms with Crippen LogP contribution in [0.5, 0.6) is 0 Å². The highest BCUT2D eigenvalue weighted by Gasteiger charge is 2.53. The number of rotatable bonds is 5. The summed E-state index contributed by atoms with van der Waals surface area (Å²) in [6.45, 7) is 3.46. The van der Waals surface area contributed by atoms with Crippen molar-refractivity contribution in [2.45, 2.75) is 32.0 Å². The first kappa shape index (κ1) is 16.3. The summed E-state index contributed by atoms with van der Waals surface area (Å²) in [5.41, 5.74) is 0.561. The van der Waals surface area contributed by atoms with E-state index in [1.807, 2.05) is 36.5 Å². The molecule has 1 amide bonds. The summed E-state index contributed by atoms with van der Waals surface area (Å²) in [5, 5.41) is 3.05. The van der Waals surface area contributed by atoms with Crippen LogP contribution in [0.15, 0.2) is 47.2 Å². The van der Waals surface area contributed by atoms with Crippen molar-refractivity contribution >= 4 is 5.91 Å². The Morgan fingerprint density at radius 1 is 1.36 bits per heavy atom. The summed E-state index contributed by atoms with van der Waals surface area (Å²) in [4.78, 5) is 19.7. The highest BCUT2D eigenvalue weighted by Crippen LogP contribution is 2.41. The van der Waals surface area contributed by atoms with Crippen molar-refractivity contribution in [3.05, 3.63) is 54.2 Å². The molecule has 0 bridgehead atoms. The van der Waals surface area contributed by atoms with Crippen LogP contribution in [0.25, 0.3) is 0 Å². The van der Waals surface area contributed by atoms with Crippen LogP contribution in [0.1, 0.15) is 24.3 Å². The highest BCUT2D eigenvalue weighted by atomic mass is 16.5. The number of fused-ring (bicyclic) bond motifs is 1. The molecule has 4 heterocycles. The van der Waals surface area contributed by atoms with Gasteiger partial charge in [-0.05, 0) is 37.1 Å². The third-order valence-corrected chi connectivity index (χ3v) is 5.26. The van der Waals surface area contributed by atoms with Crippen LogP contribution in [0.2, 0.25) is 0 Å². The fourth-order valence-corrected chi connectivity index (χ4v) is 3.97. The first-order chi connectivity index (χ1) is 12.3. The predicted molar refractivity (Wildman–Crippen MR) is 91.5 cm³/mol. The van der Waals surface area contributed by atoms with Crippen LogP contribution in [0.3, 0.4) is 0 Å². The number of aromatic nitrogens is 1. The largest absolute Gasteiger partial charge is 0.467 e. The van der Waals surface area contributed by atoms with E-state index in [2.05, 4.69) is 15.2 Å². The van der Waals surface area contributed by atoms with Gasteiger partial charge in [-0.15, -0.1) is 0 Å². The van der Waals surface area contributed by atoms with E-state index in [9.17, 15) is 4.79 Å². The molecule has 6 nitrogen and oxygen atoms in total. The number of nitrogens with zero attached hydrogens (tertiary/aromatic N) is 2. The number of carbonyl (C=O) groups excluding carboxylic acids is 1. The van der Waals surface area contributed by atoms with Crippen LogP contribution in [0, 0.1) is 5.41 Å². The molecule has 0 spiro atoms. The molecule has 2 aliphatic rings. The Labute approximate surface area is 147 Å². The van der Waals surface area contributed by atoms with Crippen LogP contribution < -0.4 is 5.32 Å². The molecule has 2 atom stereocenters. The van der Waals surface area contributed by atoms with E-state index in [0.29, 0.717) is 19.7 Å². The molecule has 0 saturated carbocycles. The van der Waals surface area contributed by atoms with Gasteiger partial charge in [0, 0.05) is 32.4 Å². The summed E-state index contributed by atoms with van der Waals surface area (Å²) in [7, 11) is 0. The molecule has 2 saturated heterocycles. The normalized spacial score (nSPS) is 26.3. The maximum Gasteiger partial charge on any atom is 0.230 e. The SMILES string of the molecule is O=C(NCc1ccco1)[C@@]12CCO[C@@H]1CCN(Cc1ccccn1)C2. The van der Waals surface area contributed by atoms with Crippen LogP contribution in [-0.2, 0) is 22.6 Å². The molecule has 2 fully saturated rings. The molecule has 25 heavy (non-hydrogen) atoms. The van der Waals surface area contributed by atoms with Gasteiger partial charge >= 0.3 is 0 Å². The third kappa shape index (κ3) is 3.32. The van der Waals surface area contributed by atoms with E-state index < -0.39 is 5.41 Å². The van der Waals surface area contributed by atoms with Crippen LogP contribution in [-0.4, -0.2) is 41.6 Å². The van der Waals surface area contributed by atoms with Crippen LogP contribution in [0.4, 0.5) is 0 Å². The zero-order chi connectivity index (χ0) is 17.1. The van der Waals surface area contributed by atoms with Crippen molar-refractivity contribution in [3.63, 3.8) is 0 Å². The van der Waals surface area contributed by atoms with Crippen molar-refractivity contribution in [1.82, 2.24) is 15.2 Å². The van der Waals surface area contributed by atoms with Gasteiger partial charge in [0.05, 0.1) is 30.0 Å². The maximum absolute atomic E-state index is 13.0. The molecule has 2 aromatic heterocycles. The Balaban J connectivity index is 1.45. The van der Waals surface area contributed by atoms with E-state index in [1.54, 1.807) is 6.26 Å². The van der Waals surface area contributed by atoms with Crippen molar-refractivity contribution in [3.8, 4) is 0 Å². The second kappa shape index (κ2) is 6.98. The first-order valence-electron chi connectivity index (χ1n) is 8.81. The number of hydrogen-bond donors (Lipinski definition) is 1. The lowest BCUT2D eigenvalue weighted by Crippen LogP contribution is -2.56. The molecule has 132 valence electrons. The molecule has 4 rings (SSSR count). The van der Waals surface area contributed by atoms with Gasteiger partial charge in [0.2, 0.25) is 5.91 Å². The van der Waals surface area contributed by atoms with E-state index in [4.69, 9.17) is 9.15 Å². The fourth-order valence-electron chi connectivity index (χ4n) is 3.97. The summed E-state index contributed by atoms with van der Waals surface area (Å²) < 4.78 is 11.2. The van der Waals surface area contributed by atoms with Gasteiger partial charge in [0.25, 0.3) is 0 Å². The maximum atomic E-state index is 13.0. The van der Waals surface area contributed by atoms with Crippen molar-refractivity contribution in [1.29, 1.82) is 0 Å². The lowest BCUT2D eigenvalue weighted by molar-refractivity contribution is -0.139. The average Bonchev–Trinajstić information content (AvgIpc) is 3.30. The molecular formula is C19H23N3O3. The topological polar surface area (TPSA) is 67.6 Å². The number of carbonyl (C=O) groups is 1. The minimum Gasteiger partial charge on any atom is -0.467 e. The quantitative estimate of drug-likeness (QED) is 0.901. The number of piperidine rings is 1. The molecule has 0 aromatic carbocycles. The summed E-state index contributed by atoms with van der Waals surface area (Å²) in [6.07, 6.45) is 5.08. The zero-order valence-electron chi connectivity index (χ0n) is 14.2. The predicted octanol–water partition coefficient (Wildman–Crippen LogP) is 1.97. The van der Waals surface area contributed by atoms with Gasteiger partial charge in [0.15, 0.2) is 0 Å². The second-order valence-corrected chi connectivity index (χ2v) is 6.85. The zero-order valence-corrected chi connectivity index (χ0v) is 14.2. The van der Waals surface area contributed by atoms with E-state index in [1.165, 1.54) is 0 Å². The number of likely N-dealkylation sites (tertiary alicyclic amines) is 1. The summed E-state index contributed by atoms with van der Waals surface area (Å²) in [6, 6.07) is 9.65. The minimum atomic E-state index is -0.473. The lowest BCUT2D eigenvalue weighted by atomic mass is 9.75. The number of hydrogen-bond acceptors (Lipinski definition) is 5. The van der Waals surface area contributed by atoms with Crippen molar-refractivity contribution in [2.24, 2.45) is 5.41 Å². The fraction of sp³-hybridized carbons (Fsp3) is 0.474. The van der Waals surface area contributed by atoms with Gasteiger partial charge in [-0.1, -0.05) is 6.07 Å². The molecular weight excluding hydrogens is 318 g/mol. The van der Waals surface area contributed by atoms with Crippen LogP contribution >= 0.6 is 0 Å². The van der Waals surface area contributed by atoms with Crippen molar-refractivity contribution in [2.75, 3.05) is 19.7 Å². The van der Waals surface area contributed by atoms with Gasteiger partial charge in [-0.2, -0.15) is 0 Å². The molecule has 0 aliphatic carbocycles. The smallest absolute Gasteiger partial charge is 0.230 e. The Bertz CT molecular complexity index is 704. The van der Waals surface area contributed by atoms with E-state index in [0.717, 1.165) is 37.4 Å². The van der Waals surface area contributed by atoms with Gasteiger partial charge in [0.1, 0.15) is 5.76 Å². The van der Waals surface area contributed by atoms with E-state index in [-0.39, 0.29) is 12.0 Å². The molecule has 1 N–H and O–H groups in total. The Morgan fingerprint density at radius 2 is 2.32 bits per heavy atom. The second-order valence-electron chi connectivity index (χ2n) is 6.85. The number of pyridine rings is 1. The first-order valence-corrected chi connectivity index (χ1v) is 8.81. The van der Waals surface area contributed by atoms with Gasteiger partial charge < -0.3 is 14.5 Å². The van der Waals surface area contributed by atoms with Crippen molar-refractivity contribution < 1.29 is 13.9 Å². The number of nitrogens with one attached hydrogen (secondary N) is 1. The minimum absolute atomic E-state index is 0.00378. The molecule has 2 aromatic rings. The molecule has 6 heteroatoms. The number of ether oxygens (including phenoxy) is 1. The molecule has 0 radical (unpaired) electrons. The Hall–Kier alpha value is -2.18. The van der Waals surface area contributed by atoms with E-state index >= 15 is 0 Å². The monoisotopic (exact) mass is 341 g/mol. The number of amides is 1. The van der Waals surface area contributed by atoms with Gasteiger partial charge in [-0.3, -0.25) is 14.7 Å². The molecule has 0 unspecified atom stereocenters. The third-order valence-electron chi connectivity index (χ3n) is 5.26. The van der Waals surface area contributed by atoms with Gasteiger partial charge in [-0.25, -0.2) is 0 Å². The average molecular weight is 341 g/mol. The summed E-state index contributed by atoms with van der Waals surface area (Å²) >= 11 is 0. The Morgan fingerprint density at radius 3 is 3.12 bits per heavy atom. The highest BCUT2D eigenvalue weighted by molar-refractivity contribution is 5.84. The standard InChI is InChI=1S/C19H23N3O3/c23-18(21-12-16-5-3-10-24-16)19-7-11-25-17(19)6-9-22(14-19)13-15-4-1-2-8-20-15/h1-5,8,10,17H,6-7,9,11-14H2,(H,21,23)/t17-,19-/m1/s1. The molecule has 2 aliphatic heterocycles. The summed E-state index contributed by atoms with van der Waals surface area (Å²) in [5.74, 6) is 0.832. The lowest BCUT2D eigenvalue weighted by Gasteiger charge is -2.42. The number of furan rings is 1. The Kier molecular flexibility index (Phi) is 4.55.